The molecule has 33 heavy (non-hydrogen) atoms. The number of rotatable bonds is 8. The summed E-state index contributed by atoms with van der Waals surface area (Å²) < 4.78 is 2.01. The van der Waals surface area contributed by atoms with Gasteiger partial charge in [0.2, 0.25) is 0 Å². The molecule has 0 aliphatic carbocycles. The van der Waals surface area contributed by atoms with Crippen LogP contribution in [0, 0.1) is 0 Å². The van der Waals surface area contributed by atoms with Crippen molar-refractivity contribution in [3.63, 3.8) is 0 Å². The Hall–Kier alpha value is -0.240. The van der Waals surface area contributed by atoms with E-state index in [1.165, 1.54) is 29.4 Å². The molecule has 2 rings (SSSR count). The number of hydrogen-bond acceptors (Lipinski definition) is 2. The van der Waals surface area contributed by atoms with Gasteiger partial charge in [-0.2, -0.15) is 0 Å². The number of unbranched alkanes of at least 4 members (excludes halogenated alkanes) is 2. The maximum Gasteiger partial charge on any atom is 0.0923 e. The fourth-order valence-corrected chi connectivity index (χ4v) is 6.99. The van der Waals surface area contributed by atoms with Crippen molar-refractivity contribution in [2.45, 2.75) is 135 Å². The Morgan fingerprint density at radius 1 is 0.545 bits per heavy atom. The predicted molar refractivity (Wildman–Crippen MR) is 135 cm³/mol. The molecule has 0 unspecified atom stereocenters. The summed E-state index contributed by atoms with van der Waals surface area (Å²) in [6, 6.07) is 1.04. The molecule has 2 radical (unpaired) electrons. The summed E-state index contributed by atoms with van der Waals surface area (Å²) in [5, 5.41) is 28.2. The van der Waals surface area contributed by atoms with E-state index < -0.39 is 0 Å². The summed E-state index contributed by atoms with van der Waals surface area (Å²) >= 11 is 0. The van der Waals surface area contributed by atoms with E-state index in [0.717, 1.165) is 47.7 Å². The molecule has 0 spiro atoms. The molecule has 6 heteroatoms. The van der Waals surface area contributed by atoms with Crippen LogP contribution in [0.25, 0.3) is 0 Å². The van der Waals surface area contributed by atoms with E-state index in [9.17, 15) is 10.4 Å². The first-order valence-electron chi connectivity index (χ1n) is 13.2. The van der Waals surface area contributed by atoms with E-state index in [4.69, 9.17) is 0 Å². The molecule has 0 aromatic rings. The summed E-state index contributed by atoms with van der Waals surface area (Å²) in [5.41, 5.74) is -1.20. The van der Waals surface area contributed by atoms with Crippen molar-refractivity contribution in [2.24, 2.45) is 0 Å². The minimum atomic E-state index is -0.301. The van der Waals surface area contributed by atoms with Crippen molar-refractivity contribution >= 4 is 0 Å². The molecule has 2 heterocycles. The van der Waals surface area contributed by atoms with Gasteiger partial charge in [0.15, 0.2) is 0 Å². The van der Waals surface area contributed by atoms with Crippen LogP contribution in [0.4, 0.5) is 0 Å². The van der Waals surface area contributed by atoms with Gasteiger partial charge in [0, 0.05) is 47.8 Å². The third-order valence-electron chi connectivity index (χ3n) is 9.09. The Kier molecular flexibility index (Phi) is 8.20. The van der Waals surface area contributed by atoms with Gasteiger partial charge in [-0.1, -0.05) is 0 Å². The number of hydrogen-bond donors (Lipinski definition) is 0. The van der Waals surface area contributed by atoms with E-state index >= 15 is 0 Å². The first kappa shape index (κ1) is 29.0. The van der Waals surface area contributed by atoms with E-state index in [2.05, 4.69) is 83.6 Å². The van der Waals surface area contributed by atoms with Crippen LogP contribution in [0.2, 0.25) is 0 Å². The minimum Gasteiger partial charge on any atom is -0.326 e. The summed E-state index contributed by atoms with van der Waals surface area (Å²) in [6.07, 6.45) is 7.52. The Morgan fingerprint density at radius 2 is 0.788 bits per heavy atom. The molecular formula is C27H56N4O2+2. The number of nitrogens with zero attached hydrogens (tertiary/aromatic N) is 4. The molecule has 194 valence electrons. The maximum absolute atomic E-state index is 12.8. The van der Waals surface area contributed by atoms with Gasteiger partial charge in [-0.15, -0.1) is 20.5 Å². The van der Waals surface area contributed by atoms with Gasteiger partial charge >= 0.3 is 0 Å². The topological polar surface area (TPSA) is 46.3 Å². The number of quaternary nitrogens is 2. The molecule has 0 aromatic heterocycles. The third kappa shape index (κ3) is 6.50. The average molecular weight is 469 g/mol. The Labute approximate surface area is 205 Å². The second kappa shape index (κ2) is 9.33. The normalized spacial score (nSPS) is 27.1. The zero-order chi connectivity index (χ0) is 25.7. The van der Waals surface area contributed by atoms with Crippen LogP contribution in [-0.2, 0) is 10.4 Å². The predicted octanol–water partition coefficient (Wildman–Crippen LogP) is 5.04. The van der Waals surface area contributed by atoms with Gasteiger partial charge in [-0.3, -0.25) is 0 Å². The zero-order valence-electron chi connectivity index (χ0n) is 24.1. The van der Waals surface area contributed by atoms with Crippen molar-refractivity contribution in [1.82, 2.24) is 10.1 Å². The first-order chi connectivity index (χ1) is 14.6. The van der Waals surface area contributed by atoms with Crippen LogP contribution in [0.3, 0.4) is 0 Å². The molecule has 0 bridgehead atoms. The molecule has 2 fully saturated rings. The molecular weight excluding hydrogens is 412 g/mol. The molecule has 2 saturated heterocycles. The Balaban J connectivity index is 1.87. The lowest BCUT2D eigenvalue weighted by atomic mass is 9.77. The van der Waals surface area contributed by atoms with Crippen LogP contribution in [0.5, 0.6) is 0 Å². The highest BCUT2D eigenvalue weighted by Crippen LogP contribution is 2.41. The smallest absolute Gasteiger partial charge is 0.0923 e. The van der Waals surface area contributed by atoms with E-state index in [1.807, 2.05) is 0 Å². The number of hydroxylamine groups is 4. The van der Waals surface area contributed by atoms with Crippen molar-refractivity contribution < 1.29 is 19.4 Å². The minimum absolute atomic E-state index is 0.301. The van der Waals surface area contributed by atoms with Gasteiger partial charge in [0.05, 0.1) is 53.4 Å². The summed E-state index contributed by atoms with van der Waals surface area (Å²) in [4.78, 5) is 0. The lowest BCUT2D eigenvalue weighted by Crippen LogP contribution is -2.65. The molecule has 2 aliphatic heterocycles. The highest BCUT2D eigenvalue weighted by Gasteiger charge is 2.52. The number of piperidine rings is 2. The monoisotopic (exact) mass is 468 g/mol. The molecule has 0 atom stereocenters. The second-order valence-electron chi connectivity index (χ2n) is 15.0. The fraction of sp³-hybridized carbons (Fsp3) is 1.00. The second-order valence-corrected chi connectivity index (χ2v) is 15.0. The molecule has 6 nitrogen and oxygen atoms in total. The summed E-state index contributed by atoms with van der Waals surface area (Å²) in [7, 11) is 9.44. The summed E-state index contributed by atoms with van der Waals surface area (Å²) in [6.45, 7) is 19.2. The average Bonchev–Trinajstić information content (AvgIpc) is 2.62. The fourth-order valence-electron chi connectivity index (χ4n) is 6.99. The van der Waals surface area contributed by atoms with E-state index in [0.29, 0.717) is 12.1 Å². The van der Waals surface area contributed by atoms with Crippen molar-refractivity contribution in [2.75, 3.05) is 41.3 Å². The van der Waals surface area contributed by atoms with Crippen LogP contribution < -0.4 is 0 Å². The SMILES string of the molecule is CC1(C)CC([N+](C)(C)CCCCC[N+](C)(C)C2CC(C)(C)N([O])C(C)(C)C2)CC(C)(C)N1[O]. The maximum atomic E-state index is 12.8. The van der Waals surface area contributed by atoms with Crippen molar-refractivity contribution in [3.8, 4) is 0 Å². The van der Waals surface area contributed by atoms with Crippen LogP contribution in [0.15, 0.2) is 0 Å². The molecule has 0 N–H and O–H groups in total. The summed E-state index contributed by atoms with van der Waals surface area (Å²) in [5.74, 6) is 0. The Bertz CT molecular complexity index is 577. The van der Waals surface area contributed by atoms with Gasteiger partial charge in [-0.05, 0) is 74.7 Å². The largest absolute Gasteiger partial charge is 0.326 e. The lowest BCUT2D eigenvalue weighted by Gasteiger charge is -2.54. The zero-order valence-corrected chi connectivity index (χ0v) is 24.1. The third-order valence-corrected chi connectivity index (χ3v) is 9.09. The molecule has 2 aliphatic rings. The standard InChI is InChI=1S/C27H56N4O2/c1-24(2)18-22(19-25(3,4)28(24)32)30(9,10)16-14-13-15-17-31(11,12)23-20-26(5,6)29(33)27(7,8)21-23/h22-23H,13-21H2,1-12H3/q+2. The van der Waals surface area contributed by atoms with Gasteiger partial charge in [0.1, 0.15) is 0 Å². The van der Waals surface area contributed by atoms with E-state index in [-0.39, 0.29) is 22.2 Å². The molecule has 0 saturated carbocycles. The first-order valence-corrected chi connectivity index (χ1v) is 13.2. The lowest BCUT2D eigenvalue weighted by molar-refractivity contribution is -0.920. The van der Waals surface area contributed by atoms with E-state index in [1.54, 1.807) is 0 Å². The molecule has 0 aromatic carbocycles. The van der Waals surface area contributed by atoms with Gasteiger partial charge < -0.3 is 8.97 Å². The van der Waals surface area contributed by atoms with Crippen LogP contribution in [-0.4, -0.2) is 94.6 Å². The quantitative estimate of drug-likeness (QED) is 0.370. The van der Waals surface area contributed by atoms with Crippen LogP contribution in [0.1, 0.15) is 100 Å². The molecule has 0 amide bonds. The van der Waals surface area contributed by atoms with Crippen molar-refractivity contribution in [1.29, 1.82) is 0 Å². The van der Waals surface area contributed by atoms with Crippen molar-refractivity contribution in [3.05, 3.63) is 0 Å². The van der Waals surface area contributed by atoms with Gasteiger partial charge in [0.25, 0.3) is 0 Å². The van der Waals surface area contributed by atoms with Gasteiger partial charge in [-0.25, -0.2) is 0 Å². The highest BCUT2D eigenvalue weighted by molar-refractivity contribution is 4.97. The Morgan fingerprint density at radius 3 is 1.03 bits per heavy atom. The highest BCUT2D eigenvalue weighted by atomic mass is 16.5. The van der Waals surface area contributed by atoms with Crippen LogP contribution >= 0.6 is 0 Å².